The fraction of sp³-hybridized carbons (Fsp3) is 0.214. The highest BCUT2D eigenvalue weighted by Gasteiger charge is 1.98. The Morgan fingerprint density at radius 3 is 2.56 bits per heavy atom. The smallest absolute Gasteiger partial charge is 0.0959 e. The molecule has 2 aromatic rings. The molecule has 0 saturated carbocycles. The van der Waals surface area contributed by atoms with Crippen LogP contribution in [0.4, 0.5) is 0 Å². The van der Waals surface area contributed by atoms with Crippen molar-refractivity contribution in [3.8, 4) is 11.8 Å². The van der Waals surface area contributed by atoms with Crippen LogP contribution in [0.5, 0.6) is 0 Å². The van der Waals surface area contributed by atoms with E-state index in [9.17, 15) is 0 Å². The molecule has 0 N–H and O–H groups in total. The van der Waals surface area contributed by atoms with Crippen molar-refractivity contribution >= 4 is 0 Å². The quantitative estimate of drug-likeness (QED) is 0.661. The van der Waals surface area contributed by atoms with Crippen molar-refractivity contribution in [3.63, 3.8) is 0 Å². The highest BCUT2D eigenvalue weighted by atomic mass is 15.0. The Bertz CT molecular complexity index is 527. The monoisotopic (exact) mass is 210 g/mol. The predicted molar refractivity (Wildman–Crippen MR) is 65.0 cm³/mol. The minimum atomic E-state index is 0.696. The molecule has 0 saturated heterocycles. The van der Waals surface area contributed by atoms with Gasteiger partial charge in [0, 0.05) is 11.3 Å². The van der Waals surface area contributed by atoms with Gasteiger partial charge in [-0.2, -0.15) is 0 Å². The molecule has 80 valence electrons. The van der Waals surface area contributed by atoms with Gasteiger partial charge in [-0.1, -0.05) is 30.0 Å². The first-order valence-corrected chi connectivity index (χ1v) is 5.29. The summed E-state index contributed by atoms with van der Waals surface area (Å²) in [6, 6.07) is 10.0. The first kappa shape index (κ1) is 10.5. The fourth-order valence-electron chi connectivity index (χ4n) is 1.45. The third-order valence-corrected chi connectivity index (χ3v) is 2.60. The number of hydrogen-bond donors (Lipinski definition) is 0. The van der Waals surface area contributed by atoms with Gasteiger partial charge in [0.1, 0.15) is 0 Å². The molecule has 0 bridgehead atoms. The van der Waals surface area contributed by atoms with Gasteiger partial charge in [-0.05, 0) is 26.0 Å². The van der Waals surface area contributed by atoms with Gasteiger partial charge in [0.15, 0.2) is 0 Å². The van der Waals surface area contributed by atoms with Crippen LogP contribution in [0, 0.1) is 25.7 Å². The summed E-state index contributed by atoms with van der Waals surface area (Å²) < 4.78 is 2.06. The Balaban J connectivity index is 2.09. The number of hydrogen-bond acceptors (Lipinski definition) is 1. The zero-order chi connectivity index (χ0) is 11.4. The average Bonchev–Trinajstić information content (AvgIpc) is 2.62. The Morgan fingerprint density at radius 2 is 1.94 bits per heavy atom. The lowest BCUT2D eigenvalue weighted by atomic mass is 10.2. The van der Waals surface area contributed by atoms with E-state index < -0.39 is 0 Å². The summed E-state index contributed by atoms with van der Waals surface area (Å²) in [6.45, 7) is 4.77. The third-order valence-electron chi connectivity index (χ3n) is 2.60. The second kappa shape index (κ2) is 4.67. The van der Waals surface area contributed by atoms with Gasteiger partial charge >= 0.3 is 0 Å². The van der Waals surface area contributed by atoms with E-state index in [2.05, 4.69) is 28.3 Å². The van der Waals surface area contributed by atoms with E-state index in [1.54, 1.807) is 0 Å². The zero-order valence-electron chi connectivity index (χ0n) is 9.57. The van der Waals surface area contributed by atoms with Crippen LogP contribution < -0.4 is 0 Å². The summed E-state index contributed by atoms with van der Waals surface area (Å²) in [5.41, 5.74) is 3.31. The lowest BCUT2D eigenvalue weighted by molar-refractivity contribution is 0.806. The van der Waals surface area contributed by atoms with Gasteiger partial charge in [0.2, 0.25) is 0 Å². The molecule has 0 aliphatic carbocycles. The number of rotatable bonds is 1. The van der Waals surface area contributed by atoms with E-state index in [1.165, 1.54) is 5.69 Å². The molecule has 0 spiro atoms. The van der Waals surface area contributed by atoms with Crippen molar-refractivity contribution in [1.29, 1.82) is 0 Å². The molecule has 2 nitrogen and oxygen atoms in total. The van der Waals surface area contributed by atoms with Gasteiger partial charge in [-0.3, -0.25) is 0 Å². The molecule has 0 unspecified atom stereocenters. The highest BCUT2D eigenvalue weighted by Crippen LogP contribution is 2.03. The Kier molecular flexibility index (Phi) is 3.07. The number of nitrogens with zero attached hydrogens (tertiary/aromatic N) is 2. The van der Waals surface area contributed by atoms with E-state index in [0.29, 0.717) is 6.54 Å². The van der Waals surface area contributed by atoms with E-state index in [4.69, 9.17) is 0 Å². The predicted octanol–water partition coefficient (Wildman–Crippen LogP) is 2.55. The molecule has 0 amide bonds. The summed E-state index contributed by atoms with van der Waals surface area (Å²) >= 11 is 0. The Labute approximate surface area is 96.0 Å². The highest BCUT2D eigenvalue weighted by molar-refractivity contribution is 5.33. The standard InChI is InChI=1S/C14H14N2/c1-12-13(2)16(11-15-12)10-6-9-14-7-4-3-5-8-14/h3-5,7-8,11H,10H2,1-2H3. The number of aromatic nitrogens is 2. The van der Waals surface area contributed by atoms with Crippen LogP contribution in [0.15, 0.2) is 36.7 Å². The second-order valence-corrected chi connectivity index (χ2v) is 3.71. The molecule has 2 heteroatoms. The SMILES string of the molecule is Cc1ncn(CC#Cc2ccccc2)c1C. The molecular formula is C14H14N2. The molecule has 2 rings (SSSR count). The summed E-state index contributed by atoms with van der Waals surface area (Å²) in [5.74, 6) is 6.28. The van der Waals surface area contributed by atoms with Crippen LogP contribution in [-0.4, -0.2) is 9.55 Å². The maximum Gasteiger partial charge on any atom is 0.0959 e. The molecule has 0 aliphatic heterocycles. The van der Waals surface area contributed by atoms with Crippen molar-refractivity contribution in [2.45, 2.75) is 20.4 Å². The van der Waals surface area contributed by atoms with Gasteiger partial charge in [0.05, 0.1) is 18.6 Å². The van der Waals surface area contributed by atoms with Crippen LogP contribution >= 0.6 is 0 Å². The van der Waals surface area contributed by atoms with Crippen molar-refractivity contribution < 1.29 is 0 Å². The van der Waals surface area contributed by atoms with Crippen molar-refractivity contribution in [2.75, 3.05) is 0 Å². The van der Waals surface area contributed by atoms with Gasteiger partial charge in [0.25, 0.3) is 0 Å². The van der Waals surface area contributed by atoms with E-state index >= 15 is 0 Å². The largest absolute Gasteiger partial charge is 0.323 e. The van der Waals surface area contributed by atoms with Crippen molar-refractivity contribution in [2.24, 2.45) is 0 Å². The molecule has 0 atom stereocenters. The summed E-state index contributed by atoms with van der Waals surface area (Å²) in [5, 5.41) is 0. The fourth-order valence-corrected chi connectivity index (χ4v) is 1.45. The van der Waals surface area contributed by atoms with Crippen LogP contribution in [0.3, 0.4) is 0 Å². The number of aryl methyl sites for hydroxylation is 1. The van der Waals surface area contributed by atoms with Crippen molar-refractivity contribution in [1.82, 2.24) is 9.55 Å². The minimum absolute atomic E-state index is 0.696. The number of benzene rings is 1. The summed E-state index contributed by atoms with van der Waals surface area (Å²) in [6.07, 6.45) is 1.84. The molecular weight excluding hydrogens is 196 g/mol. The maximum absolute atomic E-state index is 4.24. The number of imidazole rings is 1. The van der Waals surface area contributed by atoms with Gasteiger partial charge in [-0.25, -0.2) is 4.98 Å². The Morgan fingerprint density at radius 1 is 1.19 bits per heavy atom. The van der Waals surface area contributed by atoms with Gasteiger partial charge < -0.3 is 4.57 Å². The molecule has 1 aromatic heterocycles. The first-order valence-electron chi connectivity index (χ1n) is 5.29. The van der Waals surface area contributed by atoms with Crippen LogP contribution in [-0.2, 0) is 6.54 Å². The normalized spacial score (nSPS) is 9.62. The van der Waals surface area contributed by atoms with E-state index in [0.717, 1.165) is 11.3 Å². The van der Waals surface area contributed by atoms with Crippen molar-refractivity contribution in [3.05, 3.63) is 53.6 Å². The van der Waals surface area contributed by atoms with Crippen LogP contribution in [0.25, 0.3) is 0 Å². The topological polar surface area (TPSA) is 17.8 Å². The first-order chi connectivity index (χ1) is 7.77. The van der Waals surface area contributed by atoms with E-state index in [1.807, 2.05) is 43.6 Å². The minimum Gasteiger partial charge on any atom is -0.323 e. The second-order valence-electron chi connectivity index (χ2n) is 3.71. The molecule has 1 aromatic carbocycles. The average molecular weight is 210 g/mol. The summed E-state index contributed by atoms with van der Waals surface area (Å²) in [4.78, 5) is 4.24. The van der Waals surface area contributed by atoms with Gasteiger partial charge in [-0.15, -0.1) is 0 Å². The van der Waals surface area contributed by atoms with E-state index in [-0.39, 0.29) is 0 Å². The maximum atomic E-state index is 4.24. The Hall–Kier alpha value is -2.01. The molecule has 1 heterocycles. The third kappa shape index (κ3) is 2.32. The molecule has 0 fully saturated rings. The molecule has 16 heavy (non-hydrogen) atoms. The van der Waals surface area contributed by atoms with Crippen LogP contribution in [0.2, 0.25) is 0 Å². The lowest BCUT2D eigenvalue weighted by Gasteiger charge is -1.98. The van der Waals surface area contributed by atoms with Crippen LogP contribution in [0.1, 0.15) is 17.0 Å². The lowest BCUT2D eigenvalue weighted by Crippen LogP contribution is -1.96. The molecule has 0 aliphatic rings. The summed E-state index contributed by atoms with van der Waals surface area (Å²) in [7, 11) is 0. The zero-order valence-corrected chi connectivity index (χ0v) is 9.57. The molecule has 0 radical (unpaired) electrons.